The van der Waals surface area contributed by atoms with E-state index in [0.717, 1.165) is 21.6 Å². The highest BCUT2D eigenvalue weighted by molar-refractivity contribution is 7.26. The summed E-state index contributed by atoms with van der Waals surface area (Å²) in [4.78, 5) is 11.5. The Kier molecular flexibility index (Phi) is 7.05. The van der Waals surface area contributed by atoms with E-state index in [9.17, 15) is 0 Å². The Morgan fingerprint density at radius 1 is 0.407 bits per heavy atom. The van der Waals surface area contributed by atoms with Crippen LogP contribution < -0.4 is 0 Å². The zero-order chi connectivity index (χ0) is 38.6. The number of rotatable bonds is 4. The van der Waals surface area contributed by atoms with Crippen molar-refractivity contribution in [3.63, 3.8) is 0 Å². The fraction of sp³-hybridized carbons (Fsp3) is 0. The molecule has 0 radical (unpaired) electrons. The van der Waals surface area contributed by atoms with Gasteiger partial charge in [0.1, 0.15) is 10.3 Å². The van der Waals surface area contributed by atoms with Gasteiger partial charge in [-0.1, -0.05) is 127 Å². The molecule has 0 aliphatic heterocycles. The lowest BCUT2D eigenvalue weighted by molar-refractivity contribution is 1.18. The molecule has 0 atom stereocenters. The summed E-state index contributed by atoms with van der Waals surface area (Å²) in [5.74, 6) is 0. The SMILES string of the molecule is c1ccc(-n2c3ccccc3c3cc(-c4cccc(-c5ccc6sc7cccc(-c8cnc9c(n8)sc8c%10ccccc%10c%10ccccc%10c98)c7c6c5)c4)ccc32)cc1. The molecule has 59 heavy (non-hydrogen) atoms. The summed E-state index contributed by atoms with van der Waals surface area (Å²) < 4.78 is 6.13. The maximum absolute atomic E-state index is 5.38. The molecule has 0 fully saturated rings. The smallest absolute Gasteiger partial charge is 0.143 e. The Balaban J connectivity index is 0.933. The van der Waals surface area contributed by atoms with Gasteiger partial charge in [-0.3, -0.25) is 4.98 Å². The van der Waals surface area contributed by atoms with E-state index in [4.69, 9.17) is 9.97 Å². The number of nitrogens with zero attached hydrogens (tertiary/aromatic N) is 3. The van der Waals surface area contributed by atoms with Crippen molar-refractivity contribution in [1.29, 1.82) is 0 Å². The Bertz CT molecular complexity index is 3850. The van der Waals surface area contributed by atoms with Gasteiger partial charge in [-0.15, -0.1) is 22.7 Å². The molecule has 4 aromatic heterocycles. The van der Waals surface area contributed by atoms with Crippen LogP contribution in [0.15, 0.2) is 188 Å². The van der Waals surface area contributed by atoms with Crippen molar-refractivity contribution in [1.82, 2.24) is 14.5 Å². The minimum atomic E-state index is 0.902. The van der Waals surface area contributed by atoms with Gasteiger partial charge in [0.05, 0.1) is 22.9 Å². The van der Waals surface area contributed by atoms with Gasteiger partial charge in [0.15, 0.2) is 0 Å². The Hall–Kier alpha value is -7.18. The molecule has 0 N–H and O–H groups in total. The van der Waals surface area contributed by atoms with E-state index in [1.165, 1.54) is 102 Å². The van der Waals surface area contributed by atoms with Gasteiger partial charge >= 0.3 is 0 Å². The first-order chi connectivity index (χ1) is 29.2. The first-order valence-corrected chi connectivity index (χ1v) is 21.5. The highest BCUT2D eigenvalue weighted by atomic mass is 32.1. The van der Waals surface area contributed by atoms with Crippen LogP contribution in [0.4, 0.5) is 0 Å². The van der Waals surface area contributed by atoms with E-state index in [1.807, 2.05) is 17.5 Å². The lowest BCUT2D eigenvalue weighted by atomic mass is 9.96. The van der Waals surface area contributed by atoms with Crippen LogP contribution in [-0.4, -0.2) is 14.5 Å². The number of para-hydroxylation sites is 2. The lowest BCUT2D eigenvalue weighted by Crippen LogP contribution is -1.92. The van der Waals surface area contributed by atoms with Gasteiger partial charge in [0, 0.05) is 57.7 Å². The first-order valence-electron chi connectivity index (χ1n) is 19.9. The zero-order valence-electron chi connectivity index (χ0n) is 31.6. The Labute approximate surface area is 346 Å². The van der Waals surface area contributed by atoms with Crippen molar-refractivity contribution in [3.05, 3.63) is 188 Å². The Morgan fingerprint density at radius 2 is 1.05 bits per heavy atom. The third kappa shape index (κ3) is 4.93. The summed E-state index contributed by atoms with van der Waals surface area (Å²) in [7, 11) is 0. The van der Waals surface area contributed by atoms with Crippen molar-refractivity contribution < 1.29 is 0 Å². The van der Waals surface area contributed by atoms with E-state index in [-0.39, 0.29) is 0 Å². The van der Waals surface area contributed by atoms with Gasteiger partial charge < -0.3 is 4.57 Å². The fourth-order valence-electron chi connectivity index (χ4n) is 9.40. The van der Waals surface area contributed by atoms with E-state index in [1.54, 1.807) is 11.3 Å². The molecule has 0 aliphatic rings. The summed E-state index contributed by atoms with van der Waals surface area (Å²) >= 11 is 3.59. The molecule has 9 aromatic carbocycles. The monoisotopic (exact) mass is 785 g/mol. The van der Waals surface area contributed by atoms with Crippen LogP contribution in [-0.2, 0) is 0 Å². The second-order valence-corrected chi connectivity index (χ2v) is 17.4. The predicted octanol–water partition coefficient (Wildman–Crippen LogP) is 15.6. The molecule has 13 rings (SSSR count). The second kappa shape index (κ2) is 12.7. The van der Waals surface area contributed by atoms with Crippen LogP contribution in [0.1, 0.15) is 0 Å². The molecule has 0 saturated heterocycles. The van der Waals surface area contributed by atoms with Crippen LogP contribution in [0.25, 0.3) is 123 Å². The predicted molar refractivity (Wildman–Crippen MR) is 253 cm³/mol. The molecule has 0 saturated carbocycles. The number of benzene rings is 9. The summed E-state index contributed by atoms with van der Waals surface area (Å²) in [6.07, 6.45) is 1.98. The van der Waals surface area contributed by atoms with Crippen LogP contribution in [0.5, 0.6) is 0 Å². The van der Waals surface area contributed by atoms with E-state index >= 15 is 0 Å². The van der Waals surface area contributed by atoms with Crippen LogP contribution in [0, 0.1) is 0 Å². The van der Waals surface area contributed by atoms with Crippen LogP contribution in [0.2, 0.25) is 0 Å². The van der Waals surface area contributed by atoms with Crippen molar-refractivity contribution >= 4 is 107 Å². The topological polar surface area (TPSA) is 30.7 Å². The summed E-state index contributed by atoms with van der Waals surface area (Å²) in [6.45, 7) is 0. The molecule has 0 bridgehead atoms. The molecule has 0 amide bonds. The molecule has 0 unspecified atom stereocenters. The van der Waals surface area contributed by atoms with Crippen LogP contribution in [0.3, 0.4) is 0 Å². The Morgan fingerprint density at radius 3 is 1.88 bits per heavy atom. The van der Waals surface area contributed by atoms with E-state index < -0.39 is 0 Å². The molecular weight excluding hydrogens is 755 g/mol. The van der Waals surface area contributed by atoms with Crippen LogP contribution >= 0.6 is 22.7 Å². The second-order valence-electron chi connectivity index (χ2n) is 15.3. The molecule has 4 heterocycles. The molecule has 0 aliphatic carbocycles. The van der Waals surface area contributed by atoms with Crippen molar-refractivity contribution in [2.45, 2.75) is 0 Å². The third-order valence-corrected chi connectivity index (χ3v) is 14.3. The number of fused-ring (bicyclic) bond motifs is 14. The van der Waals surface area contributed by atoms with Crippen molar-refractivity contribution in [3.8, 4) is 39.2 Å². The molecule has 13 aromatic rings. The van der Waals surface area contributed by atoms with E-state index in [2.05, 4.69) is 187 Å². The first kappa shape index (κ1) is 32.9. The standard InChI is InChI=1S/C54H31N3S2/c1-2-14-36(15-3-1)57-46-22-9-8-18-39(46)43-29-34(24-26-47(43)57)32-12-10-13-33(28-32)35-25-27-48-44(30-35)50-42(21-11-23-49(50)58-48)45-31-55-52-51-40-19-6-4-16-37(40)38-17-5-7-20-41(38)53(51)59-54(52)56-45/h1-31H. The average Bonchev–Trinajstić information content (AvgIpc) is 3.99. The van der Waals surface area contributed by atoms with Gasteiger partial charge in [-0.05, 0) is 93.0 Å². The van der Waals surface area contributed by atoms with Gasteiger partial charge in [0.25, 0.3) is 0 Å². The van der Waals surface area contributed by atoms with Gasteiger partial charge in [-0.2, -0.15) is 0 Å². The number of hydrogen-bond acceptors (Lipinski definition) is 4. The fourth-order valence-corrected chi connectivity index (χ4v) is 11.7. The molecule has 5 heteroatoms. The number of thiophene rings is 2. The van der Waals surface area contributed by atoms with Crippen molar-refractivity contribution in [2.75, 3.05) is 0 Å². The molecule has 274 valence electrons. The normalized spacial score (nSPS) is 12.1. The summed E-state index contributed by atoms with van der Waals surface area (Å²) in [6, 6.07) is 66.2. The van der Waals surface area contributed by atoms with Gasteiger partial charge in [0.2, 0.25) is 0 Å². The third-order valence-electron chi connectivity index (χ3n) is 12.0. The minimum absolute atomic E-state index is 0.902. The number of hydrogen-bond donors (Lipinski definition) is 0. The zero-order valence-corrected chi connectivity index (χ0v) is 33.2. The summed E-state index contributed by atoms with van der Waals surface area (Å²) in [5.41, 5.74) is 11.4. The van der Waals surface area contributed by atoms with E-state index in [0.29, 0.717) is 0 Å². The largest absolute Gasteiger partial charge is 0.309 e. The minimum Gasteiger partial charge on any atom is -0.309 e. The lowest BCUT2D eigenvalue weighted by Gasteiger charge is -2.09. The maximum atomic E-state index is 5.38. The molecule has 0 spiro atoms. The number of aromatic nitrogens is 3. The maximum Gasteiger partial charge on any atom is 0.143 e. The van der Waals surface area contributed by atoms with Gasteiger partial charge in [-0.25, -0.2) is 4.98 Å². The quantitative estimate of drug-likeness (QED) is 0.166. The molecule has 3 nitrogen and oxygen atoms in total. The summed E-state index contributed by atoms with van der Waals surface area (Å²) in [5, 5.41) is 11.2. The highest BCUT2D eigenvalue weighted by Gasteiger charge is 2.19. The highest BCUT2D eigenvalue weighted by Crippen LogP contribution is 2.45. The molecular formula is C54H31N3S2. The van der Waals surface area contributed by atoms with Crippen molar-refractivity contribution in [2.24, 2.45) is 0 Å². The average molecular weight is 786 g/mol.